The normalized spacial score (nSPS) is 28.5. The number of carbonyl (C=O) groups excluding carboxylic acids is 1. The summed E-state index contributed by atoms with van der Waals surface area (Å²) in [4.78, 5) is 20.3. The fourth-order valence-corrected chi connectivity index (χ4v) is 4.25. The van der Waals surface area contributed by atoms with Crippen LogP contribution in [0.5, 0.6) is 0 Å². The minimum absolute atomic E-state index is 0.136. The Labute approximate surface area is 136 Å². The van der Waals surface area contributed by atoms with Gasteiger partial charge < -0.3 is 9.80 Å². The molecule has 1 atom stereocenters. The van der Waals surface area contributed by atoms with E-state index in [-0.39, 0.29) is 11.2 Å². The van der Waals surface area contributed by atoms with Crippen molar-refractivity contribution in [1.29, 1.82) is 0 Å². The lowest BCUT2D eigenvalue weighted by atomic mass is 9.73. The minimum atomic E-state index is -0.244. The molecule has 4 rings (SSSR count). The largest absolute Gasteiger partial charge is 0.368 e. The van der Waals surface area contributed by atoms with Crippen LogP contribution in [0.3, 0.4) is 0 Å². The number of likely N-dealkylation sites (tertiary alicyclic amines) is 1. The predicted molar refractivity (Wildman–Crippen MR) is 86.6 cm³/mol. The predicted octanol–water partition coefficient (Wildman–Crippen LogP) is 2.84. The van der Waals surface area contributed by atoms with E-state index in [1.54, 1.807) is 12.3 Å². The van der Waals surface area contributed by atoms with E-state index >= 15 is 0 Å². The summed E-state index contributed by atoms with van der Waals surface area (Å²) in [6.45, 7) is 3.53. The van der Waals surface area contributed by atoms with Crippen LogP contribution >= 0.6 is 0 Å². The summed E-state index contributed by atoms with van der Waals surface area (Å²) in [5.74, 6) is 0.799. The molecule has 4 nitrogen and oxygen atoms in total. The van der Waals surface area contributed by atoms with E-state index in [1.807, 2.05) is 0 Å². The lowest BCUT2D eigenvalue weighted by Gasteiger charge is -2.49. The van der Waals surface area contributed by atoms with Crippen LogP contribution in [0, 0.1) is 17.2 Å². The Balaban J connectivity index is 1.51. The Hall–Kier alpha value is -1.65. The maximum Gasteiger partial charge on any atom is 0.222 e. The number of pyridine rings is 1. The highest BCUT2D eigenvalue weighted by Crippen LogP contribution is 2.41. The highest BCUT2D eigenvalue weighted by Gasteiger charge is 2.43. The van der Waals surface area contributed by atoms with E-state index in [0.29, 0.717) is 18.0 Å². The molecular formula is C18H24FN3O. The quantitative estimate of drug-likeness (QED) is 0.860. The average Bonchev–Trinajstić information content (AvgIpc) is 3.36. The fourth-order valence-electron chi connectivity index (χ4n) is 4.25. The molecule has 5 heteroatoms. The summed E-state index contributed by atoms with van der Waals surface area (Å²) in [7, 11) is 0. The third-order valence-electron chi connectivity index (χ3n) is 5.68. The third kappa shape index (κ3) is 3.06. The van der Waals surface area contributed by atoms with Crippen LogP contribution in [0.4, 0.5) is 10.1 Å². The number of carbonyl (C=O) groups is 1. The van der Waals surface area contributed by atoms with E-state index in [2.05, 4.69) is 14.8 Å². The number of aromatic nitrogens is 1. The highest BCUT2D eigenvalue weighted by molar-refractivity contribution is 5.77. The molecule has 1 aromatic rings. The maximum absolute atomic E-state index is 14.1. The molecular weight excluding hydrogens is 293 g/mol. The number of hydrogen-bond acceptors (Lipinski definition) is 3. The number of rotatable bonds is 3. The molecule has 1 unspecified atom stereocenters. The molecule has 2 saturated heterocycles. The molecule has 0 bridgehead atoms. The smallest absolute Gasteiger partial charge is 0.222 e. The van der Waals surface area contributed by atoms with Crippen molar-refractivity contribution in [3.63, 3.8) is 0 Å². The molecule has 0 N–H and O–H groups in total. The van der Waals surface area contributed by atoms with E-state index in [4.69, 9.17) is 0 Å². The van der Waals surface area contributed by atoms with Crippen LogP contribution in [-0.2, 0) is 4.79 Å². The third-order valence-corrected chi connectivity index (χ3v) is 5.68. The van der Waals surface area contributed by atoms with Crippen LogP contribution in [0.25, 0.3) is 0 Å². The zero-order valence-electron chi connectivity index (χ0n) is 13.5. The first kappa shape index (κ1) is 14.9. The van der Waals surface area contributed by atoms with Crippen molar-refractivity contribution in [3.05, 3.63) is 24.3 Å². The van der Waals surface area contributed by atoms with Crippen molar-refractivity contribution >= 4 is 11.6 Å². The summed E-state index contributed by atoms with van der Waals surface area (Å²) in [6.07, 6.45) is 9.29. The van der Waals surface area contributed by atoms with Gasteiger partial charge in [0.25, 0.3) is 0 Å². The first-order chi connectivity index (χ1) is 11.2. The number of anilines is 1. The van der Waals surface area contributed by atoms with Crippen molar-refractivity contribution in [2.75, 3.05) is 31.1 Å². The van der Waals surface area contributed by atoms with E-state index in [1.165, 1.54) is 19.0 Å². The molecule has 1 amide bonds. The van der Waals surface area contributed by atoms with Crippen LogP contribution in [0.1, 0.15) is 38.5 Å². The summed E-state index contributed by atoms with van der Waals surface area (Å²) >= 11 is 0. The van der Waals surface area contributed by atoms with Crippen molar-refractivity contribution in [2.24, 2.45) is 11.3 Å². The van der Waals surface area contributed by atoms with Crippen LogP contribution in [-0.4, -0.2) is 42.0 Å². The van der Waals surface area contributed by atoms with E-state index < -0.39 is 0 Å². The number of nitrogens with zero attached hydrogens (tertiary/aromatic N) is 3. The van der Waals surface area contributed by atoms with Gasteiger partial charge in [-0.2, -0.15) is 0 Å². The van der Waals surface area contributed by atoms with Crippen molar-refractivity contribution in [3.8, 4) is 0 Å². The minimum Gasteiger partial charge on any atom is -0.368 e. The SMILES string of the molecule is O=C1CCC2(CCCN(c3ccncc3F)C2)CN1CC1CC1. The summed E-state index contributed by atoms with van der Waals surface area (Å²) in [5.41, 5.74) is 0.793. The molecule has 1 aliphatic carbocycles. The van der Waals surface area contributed by atoms with Gasteiger partial charge in [-0.1, -0.05) is 0 Å². The molecule has 2 aliphatic heterocycles. The fraction of sp³-hybridized carbons (Fsp3) is 0.667. The average molecular weight is 317 g/mol. The molecule has 23 heavy (non-hydrogen) atoms. The molecule has 124 valence electrons. The highest BCUT2D eigenvalue weighted by atomic mass is 19.1. The summed E-state index contributed by atoms with van der Waals surface area (Å²) < 4.78 is 14.1. The molecule has 0 radical (unpaired) electrons. The Bertz CT molecular complexity index is 604. The van der Waals surface area contributed by atoms with Gasteiger partial charge in [-0.05, 0) is 44.1 Å². The van der Waals surface area contributed by atoms with Gasteiger partial charge in [-0.15, -0.1) is 0 Å². The van der Waals surface area contributed by atoms with Crippen molar-refractivity contribution < 1.29 is 9.18 Å². The summed E-state index contributed by atoms with van der Waals surface area (Å²) in [5, 5.41) is 0. The van der Waals surface area contributed by atoms with Gasteiger partial charge >= 0.3 is 0 Å². The second-order valence-corrected chi connectivity index (χ2v) is 7.57. The van der Waals surface area contributed by atoms with Crippen LogP contribution in [0.2, 0.25) is 0 Å². The van der Waals surface area contributed by atoms with Gasteiger partial charge in [-0.3, -0.25) is 9.78 Å². The molecule has 1 saturated carbocycles. The Morgan fingerprint density at radius 3 is 2.96 bits per heavy atom. The number of hydrogen-bond donors (Lipinski definition) is 0. The topological polar surface area (TPSA) is 36.4 Å². The zero-order chi connectivity index (χ0) is 15.9. The maximum atomic E-state index is 14.1. The van der Waals surface area contributed by atoms with Gasteiger partial charge in [0.2, 0.25) is 5.91 Å². The van der Waals surface area contributed by atoms with Gasteiger partial charge in [0.1, 0.15) is 0 Å². The number of amides is 1. The number of halogens is 1. The standard InChI is InChI=1S/C18H24FN3O/c19-15-10-20-8-5-16(15)21-9-1-6-18(12-21)7-4-17(23)22(13-18)11-14-2-3-14/h5,8,10,14H,1-4,6-7,9,11-13H2. The van der Waals surface area contributed by atoms with Crippen LogP contribution in [0.15, 0.2) is 18.5 Å². The molecule has 3 heterocycles. The van der Waals surface area contributed by atoms with Gasteiger partial charge in [-0.25, -0.2) is 4.39 Å². The summed E-state index contributed by atoms with van der Waals surface area (Å²) in [6, 6.07) is 1.77. The monoisotopic (exact) mass is 317 g/mol. The van der Waals surface area contributed by atoms with Crippen molar-refractivity contribution in [2.45, 2.75) is 38.5 Å². The second-order valence-electron chi connectivity index (χ2n) is 7.57. The van der Waals surface area contributed by atoms with Gasteiger partial charge in [0, 0.05) is 44.2 Å². The molecule has 3 fully saturated rings. The Morgan fingerprint density at radius 1 is 1.30 bits per heavy atom. The molecule has 1 spiro atoms. The first-order valence-electron chi connectivity index (χ1n) is 8.77. The van der Waals surface area contributed by atoms with Crippen molar-refractivity contribution in [1.82, 2.24) is 9.88 Å². The molecule has 1 aromatic heterocycles. The lowest BCUT2D eigenvalue weighted by molar-refractivity contribution is -0.138. The van der Waals surface area contributed by atoms with Crippen LogP contribution < -0.4 is 4.90 Å². The molecule has 0 aromatic carbocycles. The second kappa shape index (κ2) is 5.77. The number of piperidine rings is 2. The van der Waals surface area contributed by atoms with E-state index in [0.717, 1.165) is 51.4 Å². The van der Waals surface area contributed by atoms with Gasteiger partial charge in [0.05, 0.1) is 11.9 Å². The van der Waals surface area contributed by atoms with E-state index in [9.17, 15) is 9.18 Å². The zero-order valence-corrected chi connectivity index (χ0v) is 13.5. The van der Waals surface area contributed by atoms with Gasteiger partial charge in [0.15, 0.2) is 5.82 Å². The first-order valence-corrected chi connectivity index (χ1v) is 8.77. The molecule has 3 aliphatic rings. The lowest BCUT2D eigenvalue weighted by Crippen LogP contribution is -2.54. The Morgan fingerprint density at radius 2 is 2.17 bits per heavy atom. The Kier molecular flexibility index (Phi) is 3.74.